The second-order valence-electron chi connectivity index (χ2n) is 10.1. The van der Waals surface area contributed by atoms with Crippen LogP contribution in [0.25, 0.3) is 0 Å². The van der Waals surface area contributed by atoms with Gasteiger partial charge in [-0.05, 0) is 62.8 Å². The van der Waals surface area contributed by atoms with Crippen LogP contribution in [0.1, 0.15) is 59.0 Å². The van der Waals surface area contributed by atoms with Gasteiger partial charge < -0.3 is 15.0 Å². The summed E-state index contributed by atoms with van der Waals surface area (Å²) >= 11 is 6.11. The Morgan fingerprint density at radius 3 is 2.62 bits per heavy atom. The molecule has 200 valence electrons. The Morgan fingerprint density at radius 1 is 1.22 bits per heavy atom. The first-order valence-electron chi connectivity index (χ1n) is 12.9. The molecular formula is C27H36Cl2N6O2. The predicted octanol–water partition coefficient (Wildman–Crippen LogP) is 4.30. The van der Waals surface area contributed by atoms with Crippen LogP contribution in [0, 0.1) is 6.92 Å². The number of hydrogen-bond donors (Lipinski definition) is 2. The van der Waals surface area contributed by atoms with Crippen molar-refractivity contribution in [1.82, 2.24) is 30.0 Å². The van der Waals surface area contributed by atoms with E-state index in [-0.39, 0.29) is 24.4 Å². The fourth-order valence-electron chi connectivity index (χ4n) is 5.59. The number of rotatable bonds is 7. The van der Waals surface area contributed by atoms with Crippen LogP contribution >= 0.6 is 24.0 Å². The molecule has 1 saturated heterocycles. The Balaban J connectivity index is 0.00000320. The molecule has 2 aromatic heterocycles. The van der Waals surface area contributed by atoms with Gasteiger partial charge in [0.2, 0.25) is 0 Å². The van der Waals surface area contributed by atoms with Gasteiger partial charge in [-0.15, -0.1) is 12.4 Å². The van der Waals surface area contributed by atoms with Crippen LogP contribution in [0.2, 0.25) is 5.02 Å². The molecule has 0 unspecified atom stereocenters. The van der Waals surface area contributed by atoms with Gasteiger partial charge in [-0.1, -0.05) is 23.7 Å². The van der Waals surface area contributed by atoms with Crippen molar-refractivity contribution in [3.05, 3.63) is 70.5 Å². The van der Waals surface area contributed by atoms with E-state index in [1.54, 1.807) is 6.20 Å². The minimum atomic E-state index is -0.180. The van der Waals surface area contributed by atoms with E-state index in [1.165, 1.54) is 23.3 Å². The summed E-state index contributed by atoms with van der Waals surface area (Å²) in [4.78, 5) is 21.9. The van der Waals surface area contributed by atoms with Crippen molar-refractivity contribution in [3.63, 3.8) is 0 Å². The molecule has 3 heterocycles. The van der Waals surface area contributed by atoms with Gasteiger partial charge in [-0.2, -0.15) is 5.10 Å². The van der Waals surface area contributed by atoms with Crippen molar-refractivity contribution in [2.24, 2.45) is 7.05 Å². The minimum absolute atomic E-state index is 0. The zero-order valence-electron chi connectivity index (χ0n) is 21.4. The number of benzene rings is 1. The molecule has 1 aromatic carbocycles. The van der Waals surface area contributed by atoms with Gasteiger partial charge in [0.05, 0.1) is 24.7 Å². The fraction of sp³-hybridized carbons (Fsp3) is 0.519. The first kappa shape index (κ1) is 27.6. The zero-order valence-corrected chi connectivity index (χ0v) is 23.0. The molecule has 1 aliphatic heterocycles. The topological polar surface area (TPSA) is 88.1 Å². The van der Waals surface area contributed by atoms with Crippen LogP contribution in [0.3, 0.4) is 0 Å². The molecule has 5 rings (SSSR count). The number of nitrogens with one attached hydrogen (secondary N) is 2. The summed E-state index contributed by atoms with van der Waals surface area (Å²) in [5.41, 5.74) is 4.10. The van der Waals surface area contributed by atoms with Crippen molar-refractivity contribution >= 4 is 29.9 Å². The number of aromatic amines is 1. The number of nitrogens with zero attached hydrogens (tertiary/aromatic N) is 4. The largest absolute Gasteiger partial charge is 0.373 e. The second kappa shape index (κ2) is 12.4. The molecule has 3 aromatic rings. The highest BCUT2D eigenvalue weighted by atomic mass is 35.5. The monoisotopic (exact) mass is 546 g/mol. The standard InChI is InChI=1S/C27H35ClN6O2.ClH/c1-18-11-25(32-33(18)2)20-5-9-22(10-6-20)34-15-24(13-30-27(35)26-14-29-17-31-26)36-16-23(34)12-19-3-7-21(28)8-4-19;/h3-4,7-8,11,14,17,20,22-24H,5-6,9-10,12-13,15-16H2,1-2H3,(H,29,31)(H,30,35);1H/t20?,22?,23-,24-;/m0./s1. The maximum Gasteiger partial charge on any atom is 0.271 e. The molecule has 0 bridgehead atoms. The fourth-order valence-corrected chi connectivity index (χ4v) is 5.72. The number of carbonyl (C=O) groups is 1. The third-order valence-electron chi connectivity index (χ3n) is 7.73. The molecule has 1 saturated carbocycles. The summed E-state index contributed by atoms with van der Waals surface area (Å²) in [5.74, 6) is 0.349. The normalized spacial score (nSPS) is 24.4. The van der Waals surface area contributed by atoms with E-state index in [4.69, 9.17) is 21.4 Å². The Labute approximate surface area is 229 Å². The highest BCUT2D eigenvalue weighted by molar-refractivity contribution is 6.30. The maximum atomic E-state index is 12.4. The molecule has 0 radical (unpaired) electrons. The molecule has 8 nitrogen and oxygen atoms in total. The molecule has 2 aliphatic rings. The van der Waals surface area contributed by atoms with Crippen molar-refractivity contribution in [2.45, 2.75) is 63.1 Å². The molecule has 37 heavy (non-hydrogen) atoms. The van der Waals surface area contributed by atoms with Crippen LogP contribution in [-0.4, -0.2) is 68.4 Å². The number of aryl methyl sites for hydroxylation is 2. The number of morpholine rings is 1. The lowest BCUT2D eigenvalue weighted by Crippen LogP contribution is -2.57. The molecule has 0 spiro atoms. The lowest BCUT2D eigenvalue weighted by Gasteiger charge is -2.46. The number of amides is 1. The zero-order chi connectivity index (χ0) is 25.1. The van der Waals surface area contributed by atoms with Gasteiger partial charge in [0.1, 0.15) is 5.69 Å². The van der Waals surface area contributed by atoms with E-state index in [0.717, 1.165) is 43.7 Å². The third kappa shape index (κ3) is 6.74. The van der Waals surface area contributed by atoms with Crippen molar-refractivity contribution < 1.29 is 9.53 Å². The number of H-pyrrole nitrogens is 1. The van der Waals surface area contributed by atoms with Crippen molar-refractivity contribution in [1.29, 1.82) is 0 Å². The Morgan fingerprint density at radius 2 is 1.97 bits per heavy atom. The minimum Gasteiger partial charge on any atom is -0.373 e. The van der Waals surface area contributed by atoms with E-state index < -0.39 is 0 Å². The Kier molecular flexibility index (Phi) is 9.29. The predicted molar refractivity (Wildman–Crippen MR) is 147 cm³/mol. The van der Waals surface area contributed by atoms with E-state index >= 15 is 0 Å². The summed E-state index contributed by atoms with van der Waals surface area (Å²) in [6.45, 7) is 4.03. The average molecular weight is 548 g/mol. The first-order chi connectivity index (χ1) is 17.5. The lowest BCUT2D eigenvalue weighted by molar-refractivity contribution is -0.0822. The van der Waals surface area contributed by atoms with Gasteiger partial charge in [0.15, 0.2) is 0 Å². The van der Waals surface area contributed by atoms with E-state index in [9.17, 15) is 4.79 Å². The molecule has 10 heteroatoms. The molecule has 2 fully saturated rings. The highest BCUT2D eigenvalue weighted by Gasteiger charge is 2.36. The molecule has 1 amide bonds. The van der Waals surface area contributed by atoms with E-state index in [0.29, 0.717) is 36.8 Å². The smallest absolute Gasteiger partial charge is 0.271 e. The summed E-state index contributed by atoms with van der Waals surface area (Å²) in [6, 6.07) is 11.2. The van der Waals surface area contributed by atoms with Gasteiger partial charge in [0, 0.05) is 55.1 Å². The van der Waals surface area contributed by atoms with Crippen LogP contribution in [0.5, 0.6) is 0 Å². The van der Waals surface area contributed by atoms with Gasteiger partial charge in [0.25, 0.3) is 5.91 Å². The second-order valence-corrected chi connectivity index (χ2v) is 10.6. The number of hydrogen-bond acceptors (Lipinski definition) is 5. The first-order valence-corrected chi connectivity index (χ1v) is 13.2. The average Bonchev–Trinajstić information content (AvgIpc) is 3.55. The maximum absolute atomic E-state index is 12.4. The highest BCUT2D eigenvalue weighted by Crippen LogP contribution is 2.36. The molecule has 1 aliphatic carbocycles. The van der Waals surface area contributed by atoms with Gasteiger partial charge >= 0.3 is 0 Å². The quantitative estimate of drug-likeness (QED) is 0.461. The van der Waals surface area contributed by atoms with Crippen LogP contribution in [0.15, 0.2) is 42.9 Å². The van der Waals surface area contributed by atoms with Crippen LogP contribution < -0.4 is 5.32 Å². The summed E-state index contributed by atoms with van der Waals surface area (Å²) in [6.07, 6.45) is 8.56. The third-order valence-corrected chi connectivity index (χ3v) is 7.98. The molecule has 2 N–H and O–H groups in total. The lowest BCUT2D eigenvalue weighted by atomic mass is 9.82. The molecule has 2 atom stereocenters. The molecular weight excluding hydrogens is 511 g/mol. The SMILES string of the molecule is Cc1cc(C2CCC(N3C[C@H](CNC(=O)c4c[nH]cn4)OC[C@@H]3Cc3ccc(Cl)cc3)CC2)nn1C.Cl. The number of ether oxygens (including phenoxy) is 1. The number of imidazole rings is 1. The van der Waals surface area contributed by atoms with E-state index in [2.05, 4.69) is 45.3 Å². The van der Waals surface area contributed by atoms with Gasteiger partial charge in [-0.3, -0.25) is 14.4 Å². The summed E-state index contributed by atoms with van der Waals surface area (Å²) in [5, 5.41) is 8.49. The van der Waals surface area contributed by atoms with Crippen LogP contribution in [0.4, 0.5) is 0 Å². The number of aromatic nitrogens is 4. The summed E-state index contributed by atoms with van der Waals surface area (Å²) < 4.78 is 8.24. The van der Waals surface area contributed by atoms with Crippen LogP contribution in [-0.2, 0) is 18.2 Å². The van der Waals surface area contributed by atoms with Crippen molar-refractivity contribution in [2.75, 3.05) is 19.7 Å². The summed E-state index contributed by atoms with van der Waals surface area (Å²) in [7, 11) is 2.02. The van der Waals surface area contributed by atoms with E-state index in [1.807, 2.05) is 23.9 Å². The van der Waals surface area contributed by atoms with Crippen molar-refractivity contribution in [3.8, 4) is 0 Å². The Hall–Kier alpha value is -2.39. The Bertz CT molecular complexity index is 1120. The van der Waals surface area contributed by atoms with Gasteiger partial charge in [-0.25, -0.2) is 4.98 Å². The number of halogens is 2. The number of carbonyl (C=O) groups excluding carboxylic acids is 1.